The van der Waals surface area contributed by atoms with Crippen LogP contribution in [0.15, 0.2) is 95.1 Å². The standard InChI is InChI=1S/C26H24ClN5O3S/c1-19-15-21(20(2)32(19)23-10-8-9-22(27)16-23)17-29-30-26(33)18-31(25-13-6-7-14-28-25)36(34,35)24-11-4-3-5-12-24/h3-17H,18H2,1-2H3,(H,30,33)/b29-17-. The molecule has 0 radical (unpaired) electrons. The van der Waals surface area contributed by atoms with Gasteiger partial charge in [-0.1, -0.05) is 41.9 Å². The van der Waals surface area contributed by atoms with Gasteiger partial charge in [0, 0.05) is 33.9 Å². The number of nitrogens with zero attached hydrogens (tertiary/aromatic N) is 4. The van der Waals surface area contributed by atoms with Crippen molar-refractivity contribution in [2.75, 3.05) is 10.8 Å². The number of sulfonamides is 1. The summed E-state index contributed by atoms with van der Waals surface area (Å²) in [5, 5.41) is 4.69. The fourth-order valence-electron chi connectivity index (χ4n) is 3.78. The van der Waals surface area contributed by atoms with Crippen LogP contribution in [0.2, 0.25) is 5.02 Å². The molecular weight excluding hydrogens is 498 g/mol. The quantitative estimate of drug-likeness (QED) is 0.273. The molecule has 0 aliphatic rings. The summed E-state index contributed by atoms with van der Waals surface area (Å²) in [4.78, 5) is 16.9. The zero-order chi connectivity index (χ0) is 25.7. The first-order valence-electron chi connectivity index (χ1n) is 11.0. The van der Waals surface area contributed by atoms with Crippen LogP contribution in [-0.2, 0) is 14.8 Å². The highest BCUT2D eigenvalue weighted by molar-refractivity contribution is 7.92. The number of rotatable bonds is 8. The van der Waals surface area contributed by atoms with E-state index in [1.807, 2.05) is 48.7 Å². The Labute approximate surface area is 214 Å². The Bertz CT molecular complexity index is 1500. The maximum absolute atomic E-state index is 13.3. The lowest BCUT2D eigenvalue weighted by molar-refractivity contribution is -0.119. The predicted molar refractivity (Wildman–Crippen MR) is 141 cm³/mol. The number of carbonyl (C=O) groups excluding carboxylic acids is 1. The van der Waals surface area contributed by atoms with Gasteiger partial charge < -0.3 is 4.57 Å². The average molecular weight is 522 g/mol. The number of amides is 1. The van der Waals surface area contributed by atoms with Crippen LogP contribution in [0, 0.1) is 13.8 Å². The molecule has 0 saturated heterocycles. The molecule has 4 rings (SSSR count). The molecule has 184 valence electrons. The van der Waals surface area contributed by atoms with Crippen LogP contribution in [0.1, 0.15) is 17.0 Å². The minimum atomic E-state index is -4.03. The maximum Gasteiger partial charge on any atom is 0.265 e. The van der Waals surface area contributed by atoms with Crippen LogP contribution in [0.5, 0.6) is 0 Å². The largest absolute Gasteiger partial charge is 0.318 e. The fourth-order valence-corrected chi connectivity index (χ4v) is 5.36. The van der Waals surface area contributed by atoms with Crippen LogP contribution < -0.4 is 9.73 Å². The summed E-state index contributed by atoms with van der Waals surface area (Å²) in [6.07, 6.45) is 2.99. The van der Waals surface area contributed by atoms with Crippen molar-refractivity contribution in [1.29, 1.82) is 0 Å². The first-order chi connectivity index (χ1) is 17.3. The Kier molecular flexibility index (Phi) is 7.52. The first-order valence-corrected chi connectivity index (χ1v) is 12.8. The van der Waals surface area contributed by atoms with E-state index in [1.165, 1.54) is 30.6 Å². The fraction of sp³-hybridized carbons (Fsp3) is 0.115. The molecule has 2 heterocycles. The Hall–Kier alpha value is -3.95. The van der Waals surface area contributed by atoms with Crippen molar-refractivity contribution in [1.82, 2.24) is 15.0 Å². The van der Waals surface area contributed by atoms with Crippen LogP contribution in [0.3, 0.4) is 0 Å². The number of aromatic nitrogens is 2. The summed E-state index contributed by atoms with van der Waals surface area (Å²) >= 11 is 6.14. The van der Waals surface area contributed by atoms with Gasteiger partial charge in [0.1, 0.15) is 12.4 Å². The van der Waals surface area contributed by atoms with Gasteiger partial charge in [-0.3, -0.25) is 4.79 Å². The zero-order valence-electron chi connectivity index (χ0n) is 19.7. The third kappa shape index (κ3) is 5.48. The minimum absolute atomic E-state index is 0.0559. The lowest BCUT2D eigenvalue weighted by Gasteiger charge is -2.22. The molecule has 0 bridgehead atoms. The predicted octanol–water partition coefficient (Wildman–Crippen LogP) is 4.49. The molecule has 2 aromatic heterocycles. The van der Waals surface area contributed by atoms with Crippen molar-refractivity contribution >= 4 is 39.6 Å². The highest BCUT2D eigenvalue weighted by atomic mass is 35.5. The van der Waals surface area contributed by atoms with E-state index in [1.54, 1.807) is 30.3 Å². The van der Waals surface area contributed by atoms with Gasteiger partial charge in [-0.15, -0.1) is 0 Å². The number of hydrogen-bond donors (Lipinski definition) is 1. The highest BCUT2D eigenvalue weighted by Gasteiger charge is 2.27. The lowest BCUT2D eigenvalue weighted by Crippen LogP contribution is -2.40. The van der Waals surface area contributed by atoms with Crippen LogP contribution in [0.25, 0.3) is 5.69 Å². The molecule has 0 aliphatic carbocycles. The van der Waals surface area contributed by atoms with Crippen molar-refractivity contribution < 1.29 is 13.2 Å². The number of pyridine rings is 1. The van der Waals surface area contributed by atoms with Crippen molar-refractivity contribution in [3.05, 3.63) is 107 Å². The molecule has 0 fully saturated rings. The molecule has 1 N–H and O–H groups in total. The Morgan fingerprint density at radius 1 is 1.06 bits per heavy atom. The number of aryl methyl sites for hydroxylation is 1. The number of anilines is 1. The van der Waals surface area contributed by atoms with Crippen LogP contribution >= 0.6 is 11.6 Å². The normalized spacial score (nSPS) is 11.5. The van der Waals surface area contributed by atoms with Gasteiger partial charge in [0.25, 0.3) is 15.9 Å². The molecule has 0 aliphatic heterocycles. The van der Waals surface area contributed by atoms with Gasteiger partial charge in [-0.25, -0.2) is 23.1 Å². The molecule has 8 nitrogen and oxygen atoms in total. The summed E-state index contributed by atoms with van der Waals surface area (Å²) in [6, 6.07) is 22.2. The van der Waals surface area contributed by atoms with E-state index in [-0.39, 0.29) is 10.7 Å². The molecule has 0 atom stereocenters. The molecule has 36 heavy (non-hydrogen) atoms. The monoisotopic (exact) mass is 521 g/mol. The number of hydrazone groups is 1. The number of halogens is 1. The summed E-state index contributed by atoms with van der Waals surface area (Å²) in [5.41, 5.74) is 6.02. The first kappa shape index (κ1) is 25.2. The van der Waals surface area contributed by atoms with Crippen molar-refractivity contribution in [3.63, 3.8) is 0 Å². The van der Waals surface area contributed by atoms with E-state index >= 15 is 0 Å². The molecule has 0 spiro atoms. The van der Waals surface area contributed by atoms with E-state index in [9.17, 15) is 13.2 Å². The second-order valence-corrected chi connectivity index (χ2v) is 10.2. The van der Waals surface area contributed by atoms with E-state index < -0.39 is 22.5 Å². The minimum Gasteiger partial charge on any atom is -0.318 e. The van der Waals surface area contributed by atoms with Crippen LogP contribution in [-0.4, -0.2) is 36.6 Å². The summed E-state index contributed by atoms with van der Waals surface area (Å²) in [7, 11) is -4.03. The molecule has 10 heteroatoms. The van der Waals surface area contributed by atoms with Crippen molar-refractivity contribution in [2.24, 2.45) is 5.10 Å². The Morgan fingerprint density at radius 2 is 1.81 bits per heavy atom. The van der Waals surface area contributed by atoms with Gasteiger partial charge in [0.2, 0.25) is 0 Å². The van der Waals surface area contributed by atoms with Gasteiger partial charge in [-0.2, -0.15) is 5.10 Å². The van der Waals surface area contributed by atoms with Crippen LogP contribution in [0.4, 0.5) is 5.82 Å². The number of carbonyl (C=O) groups is 1. The number of nitrogens with one attached hydrogen (secondary N) is 1. The van der Waals surface area contributed by atoms with Gasteiger partial charge in [-0.05, 0) is 62.4 Å². The van der Waals surface area contributed by atoms with E-state index in [0.29, 0.717) is 5.02 Å². The molecule has 2 aromatic carbocycles. The molecule has 0 saturated carbocycles. The topological polar surface area (TPSA) is 96.7 Å². The molecular formula is C26H24ClN5O3S. The molecule has 0 unspecified atom stereocenters. The maximum atomic E-state index is 13.3. The zero-order valence-corrected chi connectivity index (χ0v) is 21.2. The van der Waals surface area contributed by atoms with Gasteiger partial charge in [0.15, 0.2) is 0 Å². The lowest BCUT2D eigenvalue weighted by atomic mass is 10.2. The van der Waals surface area contributed by atoms with E-state index in [0.717, 1.165) is 26.9 Å². The average Bonchev–Trinajstić information content (AvgIpc) is 3.16. The third-order valence-electron chi connectivity index (χ3n) is 5.45. The summed E-state index contributed by atoms with van der Waals surface area (Å²) in [6.45, 7) is 3.41. The summed E-state index contributed by atoms with van der Waals surface area (Å²) in [5.74, 6) is -0.481. The van der Waals surface area contributed by atoms with Crippen molar-refractivity contribution in [2.45, 2.75) is 18.7 Å². The third-order valence-corrected chi connectivity index (χ3v) is 7.45. The second-order valence-electron chi connectivity index (χ2n) is 7.95. The smallest absolute Gasteiger partial charge is 0.265 e. The van der Waals surface area contributed by atoms with E-state index in [4.69, 9.17) is 11.6 Å². The molecule has 1 amide bonds. The SMILES string of the molecule is Cc1cc(/C=N\NC(=O)CN(c2ccccn2)S(=O)(=O)c2ccccc2)c(C)n1-c1cccc(Cl)c1. The van der Waals surface area contributed by atoms with Gasteiger partial charge >= 0.3 is 0 Å². The Balaban J connectivity index is 1.53. The van der Waals surface area contributed by atoms with E-state index in [2.05, 4.69) is 15.5 Å². The Morgan fingerprint density at radius 3 is 2.50 bits per heavy atom. The molecule has 4 aromatic rings. The number of benzene rings is 2. The number of hydrogen-bond acceptors (Lipinski definition) is 5. The highest BCUT2D eigenvalue weighted by Crippen LogP contribution is 2.23. The van der Waals surface area contributed by atoms with Crippen molar-refractivity contribution in [3.8, 4) is 5.69 Å². The second kappa shape index (κ2) is 10.8. The summed E-state index contributed by atoms with van der Waals surface area (Å²) < 4.78 is 29.5. The van der Waals surface area contributed by atoms with Gasteiger partial charge in [0.05, 0.1) is 11.1 Å².